The van der Waals surface area contributed by atoms with E-state index in [-0.39, 0.29) is 12.2 Å². The average molecular weight is 266 g/mol. The predicted molar refractivity (Wildman–Crippen MR) is 73.3 cm³/mol. The highest BCUT2D eigenvalue weighted by Crippen LogP contribution is 2.20. The van der Waals surface area contributed by atoms with Gasteiger partial charge < -0.3 is 5.11 Å². The summed E-state index contributed by atoms with van der Waals surface area (Å²) < 4.78 is 0. The van der Waals surface area contributed by atoms with Crippen molar-refractivity contribution in [2.24, 2.45) is 0 Å². The van der Waals surface area contributed by atoms with E-state index < -0.39 is 5.97 Å². The molecule has 3 nitrogen and oxygen atoms in total. The van der Waals surface area contributed by atoms with E-state index in [2.05, 4.69) is 0 Å². The van der Waals surface area contributed by atoms with Gasteiger partial charge in [0.05, 0.1) is 0 Å². The van der Waals surface area contributed by atoms with Crippen LogP contribution in [0.2, 0.25) is 0 Å². The minimum atomic E-state index is -0.754. The van der Waals surface area contributed by atoms with Crippen LogP contribution < -0.4 is 0 Å². The van der Waals surface area contributed by atoms with Crippen molar-refractivity contribution in [3.8, 4) is 0 Å². The Morgan fingerprint density at radius 3 is 2.39 bits per heavy atom. The molecule has 0 amide bonds. The third-order valence-electron chi connectivity index (χ3n) is 2.46. The molecule has 0 bridgehead atoms. The normalized spacial score (nSPS) is 10.3. The van der Waals surface area contributed by atoms with Gasteiger partial charge in [0.15, 0.2) is 5.78 Å². The molecule has 0 heterocycles. The average Bonchev–Trinajstić information content (AvgIpc) is 2.35. The van der Waals surface area contributed by atoms with E-state index in [0.29, 0.717) is 12.8 Å². The molecule has 0 saturated heterocycles. The van der Waals surface area contributed by atoms with Gasteiger partial charge in [-0.25, -0.2) is 0 Å². The van der Waals surface area contributed by atoms with E-state index in [9.17, 15) is 9.59 Å². The SMILES string of the molecule is CCCC(=O)c1ccc(SCCCC(=O)O)cc1. The Kier molecular flexibility index (Phi) is 6.50. The lowest BCUT2D eigenvalue weighted by atomic mass is 10.1. The highest BCUT2D eigenvalue weighted by molar-refractivity contribution is 7.99. The smallest absolute Gasteiger partial charge is 0.303 e. The van der Waals surface area contributed by atoms with Crippen LogP contribution in [0, 0.1) is 0 Å². The van der Waals surface area contributed by atoms with Gasteiger partial charge in [0, 0.05) is 23.3 Å². The topological polar surface area (TPSA) is 54.4 Å². The molecule has 0 fully saturated rings. The van der Waals surface area contributed by atoms with Crippen LogP contribution in [0.25, 0.3) is 0 Å². The molecule has 0 saturated carbocycles. The maximum absolute atomic E-state index is 11.6. The molecule has 1 N–H and O–H groups in total. The first-order valence-corrected chi connectivity index (χ1v) is 7.10. The van der Waals surface area contributed by atoms with Crippen molar-refractivity contribution >= 4 is 23.5 Å². The Bertz CT molecular complexity index is 398. The minimum absolute atomic E-state index is 0.180. The Morgan fingerprint density at radius 1 is 1.17 bits per heavy atom. The van der Waals surface area contributed by atoms with Gasteiger partial charge in [-0.1, -0.05) is 19.1 Å². The molecule has 0 aliphatic carbocycles. The van der Waals surface area contributed by atoms with Crippen LogP contribution in [0.4, 0.5) is 0 Å². The fourth-order valence-electron chi connectivity index (χ4n) is 1.52. The van der Waals surface area contributed by atoms with E-state index in [1.165, 1.54) is 0 Å². The van der Waals surface area contributed by atoms with Crippen molar-refractivity contribution in [3.63, 3.8) is 0 Å². The molecule has 0 aliphatic heterocycles. The molecule has 0 unspecified atom stereocenters. The molecule has 98 valence electrons. The number of carbonyl (C=O) groups excluding carboxylic acids is 1. The summed E-state index contributed by atoms with van der Waals surface area (Å²) in [7, 11) is 0. The predicted octanol–water partition coefficient (Wildman–Crippen LogP) is 3.63. The second kappa shape index (κ2) is 7.93. The first-order valence-electron chi connectivity index (χ1n) is 6.11. The van der Waals surface area contributed by atoms with Gasteiger partial charge in [-0.15, -0.1) is 11.8 Å². The highest BCUT2D eigenvalue weighted by Gasteiger charge is 2.04. The zero-order chi connectivity index (χ0) is 13.4. The molecule has 0 radical (unpaired) electrons. The van der Waals surface area contributed by atoms with Crippen molar-refractivity contribution < 1.29 is 14.7 Å². The fourth-order valence-corrected chi connectivity index (χ4v) is 2.37. The number of rotatable bonds is 8. The van der Waals surface area contributed by atoms with Gasteiger partial charge in [-0.05, 0) is 30.7 Å². The Morgan fingerprint density at radius 2 is 1.83 bits per heavy atom. The number of thioether (sulfide) groups is 1. The lowest BCUT2D eigenvalue weighted by molar-refractivity contribution is -0.137. The summed E-state index contributed by atoms with van der Waals surface area (Å²) in [4.78, 5) is 23.0. The van der Waals surface area contributed by atoms with Crippen LogP contribution in [-0.4, -0.2) is 22.6 Å². The molecule has 1 rings (SSSR count). The van der Waals surface area contributed by atoms with Crippen molar-refractivity contribution in [1.29, 1.82) is 0 Å². The summed E-state index contributed by atoms with van der Waals surface area (Å²) in [6.45, 7) is 1.99. The second-order valence-corrected chi connectivity index (χ2v) is 5.21. The largest absolute Gasteiger partial charge is 0.481 e. The van der Waals surface area contributed by atoms with E-state index in [0.717, 1.165) is 22.6 Å². The molecule has 0 aliphatic rings. The molecular formula is C14H18O3S. The zero-order valence-corrected chi connectivity index (χ0v) is 11.3. The monoisotopic (exact) mass is 266 g/mol. The number of carboxylic acid groups (broad SMARTS) is 1. The van der Waals surface area contributed by atoms with Crippen molar-refractivity contribution in [1.82, 2.24) is 0 Å². The third-order valence-corrected chi connectivity index (χ3v) is 3.56. The number of Topliss-reactive ketones (excluding diaryl/α,β-unsaturated/α-hetero) is 1. The van der Waals surface area contributed by atoms with Crippen LogP contribution in [-0.2, 0) is 4.79 Å². The quantitative estimate of drug-likeness (QED) is 0.443. The molecular weight excluding hydrogens is 248 g/mol. The first kappa shape index (κ1) is 14.8. The number of ketones is 1. The van der Waals surface area contributed by atoms with E-state index in [1.807, 2.05) is 31.2 Å². The summed E-state index contributed by atoms with van der Waals surface area (Å²) in [5, 5.41) is 8.51. The first-order chi connectivity index (χ1) is 8.63. The molecule has 18 heavy (non-hydrogen) atoms. The van der Waals surface area contributed by atoms with Gasteiger partial charge in [-0.3, -0.25) is 9.59 Å². The maximum atomic E-state index is 11.6. The van der Waals surface area contributed by atoms with Crippen LogP contribution in [0.1, 0.15) is 43.0 Å². The van der Waals surface area contributed by atoms with Gasteiger partial charge in [0.1, 0.15) is 0 Å². The summed E-state index contributed by atoms with van der Waals surface area (Å²) in [6.07, 6.45) is 2.33. The summed E-state index contributed by atoms with van der Waals surface area (Å²) in [6, 6.07) is 7.54. The number of carbonyl (C=O) groups is 2. The van der Waals surface area contributed by atoms with Crippen LogP contribution >= 0.6 is 11.8 Å². The molecule has 0 spiro atoms. The van der Waals surface area contributed by atoms with Gasteiger partial charge in [0.2, 0.25) is 0 Å². The molecule has 1 aromatic rings. The summed E-state index contributed by atoms with van der Waals surface area (Å²) >= 11 is 1.62. The van der Waals surface area contributed by atoms with Crippen LogP contribution in [0.5, 0.6) is 0 Å². The number of hydrogen-bond acceptors (Lipinski definition) is 3. The maximum Gasteiger partial charge on any atom is 0.303 e. The number of benzene rings is 1. The lowest BCUT2D eigenvalue weighted by Crippen LogP contribution is -1.97. The molecule has 0 atom stereocenters. The number of hydrogen-bond donors (Lipinski definition) is 1. The van der Waals surface area contributed by atoms with Crippen molar-refractivity contribution in [2.75, 3.05) is 5.75 Å². The van der Waals surface area contributed by atoms with Gasteiger partial charge in [0.25, 0.3) is 0 Å². The van der Waals surface area contributed by atoms with E-state index in [4.69, 9.17) is 5.11 Å². The molecule has 0 aromatic heterocycles. The number of carboxylic acids is 1. The van der Waals surface area contributed by atoms with Gasteiger partial charge >= 0.3 is 5.97 Å². The minimum Gasteiger partial charge on any atom is -0.481 e. The second-order valence-electron chi connectivity index (χ2n) is 4.04. The highest BCUT2D eigenvalue weighted by atomic mass is 32.2. The van der Waals surface area contributed by atoms with E-state index >= 15 is 0 Å². The molecule has 4 heteroatoms. The summed E-state index contributed by atoms with van der Waals surface area (Å²) in [5.41, 5.74) is 0.756. The van der Waals surface area contributed by atoms with Crippen LogP contribution in [0.15, 0.2) is 29.2 Å². The van der Waals surface area contributed by atoms with Gasteiger partial charge in [-0.2, -0.15) is 0 Å². The zero-order valence-electron chi connectivity index (χ0n) is 10.5. The lowest BCUT2D eigenvalue weighted by Gasteiger charge is -2.03. The van der Waals surface area contributed by atoms with Crippen LogP contribution in [0.3, 0.4) is 0 Å². The Balaban J connectivity index is 2.40. The van der Waals surface area contributed by atoms with Crippen molar-refractivity contribution in [2.45, 2.75) is 37.5 Å². The fraction of sp³-hybridized carbons (Fsp3) is 0.429. The van der Waals surface area contributed by atoms with Crippen molar-refractivity contribution in [3.05, 3.63) is 29.8 Å². The standard InChI is InChI=1S/C14H18O3S/c1-2-4-13(15)11-6-8-12(9-7-11)18-10-3-5-14(16)17/h6-9H,2-5,10H2,1H3,(H,16,17). The third kappa shape index (κ3) is 5.36. The molecule has 1 aromatic carbocycles. The number of aliphatic carboxylic acids is 1. The summed E-state index contributed by atoms with van der Waals surface area (Å²) in [5.74, 6) is 0.213. The Hall–Kier alpha value is -1.29. The Labute approximate surface area is 112 Å². The van der Waals surface area contributed by atoms with E-state index in [1.54, 1.807) is 11.8 Å².